The zero-order valence-corrected chi connectivity index (χ0v) is 13.1. The molecule has 0 aromatic carbocycles. The summed E-state index contributed by atoms with van der Waals surface area (Å²) in [5.74, 6) is -0.787. The average Bonchev–Trinajstić information content (AvgIpc) is 2.89. The van der Waals surface area contributed by atoms with E-state index in [1.165, 1.54) is 11.3 Å². The zero-order chi connectivity index (χ0) is 15.2. The van der Waals surface area contributed by atoms with Crippen molar-refractivity contribution in [2.75, 3.05) is 32.7 Å². The summed E-state index contributed by atoms with van der Waals surface area (Å²) in [6.45, 7) is 3.69. The largest absolute Gasteiger partial charge is 0.481 e. The number of nitrogens with zero attached hydrogens (tertiary/aromatic N) is 2. The number of piperazine rings is 1. The Morgan fingerprint density at radius 2 is 2.00 bits per heavy atom. The molecule has 0 unspecified atom stereocenters. The summed E-state index contributed by atoms with van der Waals surface area (Å²) in [6, 6.07) is 3.63. The topological polar surface area (TPSA) is 72.9 Å². The lowest BCUT2D eigenvalue weighted by Crippen LogP contribution is -2.51. The third kappa shape index (κ3) is 5.18. The number of amides is 2. The van der Waals surface area contributed by atoms with Crippen LogP contribution in [0.3, 0.4) is 0 Å². The molecule has 0 bridgehead atoms. The van der Waals surface area contributed by atoms with Crippen LogP contribution in [0.4, 0.5) is 4.79 Å². The fraction of sp³-hybridized carbons (Fsp3) is 0.538. The van der Waals surface area contributed by atoms with Crippen LogP contribution in [-0.2, 0) is 11.3 Å². The maximum Gasteiger partial charge on any atom is 0.317 e. The molecule has 2 heterocycles. The standard InChI is InChI=1S/C13H18ClN3O3S/c14-11-2-1-10(21-11)9-15-13(20)17-7-5-16(6-8-17)4-3-12(18)19/h1-2H,3-9H2,(H,15,20)(H,18,19). The molecule has 1 fully saturated rings. The van der Waals surface area contributed by atoms with Crippen LogP contribution in [0.25, 0.3) is 0 Å². The number of hydrogen-bond acceptors (Lipinski definition) is 4. The first kappa shape index (κ1) is 16.1. The van der Waals surface area contributed by atoms with Crippen molar-refractivity contribution in [1.29, 1.82) is 0 Å². The van der Waals surface area contributed by atoms with Gasteiger partial charge in [-0.3, -0.25) is 9.69 Å². The van der Waals surface area contributed by atoms with Crippen molar-refractivity contribution in [3.63, 3.8) is 0 Å². The van der Waals surface area contributed by atoms with Crippen molar-refractivity contribution in [2.24, 2.45) is 0 Å². The van der Waals surface area contributed by atoms with Gasteiger partial charge in [-0.2, -0.15) is 0 Å². The van der Waals surface area contributed by atoms with Crippen LogP contribution in [-0.4, -0.2) is 59.6 Å². The molecule has 1 saturated heterocycles. The minimum atomic E-state index is -0.787. The van der Waals surface area contributed by atoms with Crippen LogP contribution in [0.1, 0.15) is 11.3 Å². The van der Waals surface area contributed by atoms with Gasteiger partial charge < -0.3 is 15.3 Å². The summed E-state index contributed by atoms with van der Waals surface area (Å²) in [5, 5.41) is 11.5. The number of halogens is 1. The molecule has 0 atom stereocenters. The van der Waals surface area contributed by atoms with E-state index in [9.17, 15) is 9.59 Å². The maximum absolute atomic E-state index is 12.0. The second-order valence-corrected chi connectivity index (χ2v) is 6.64. The first-order valence-corrected chi connectivity index (χ1v) is 7.95. The molecular formula is C13H18ClN3O3S. The number of aliphatic carboxylic acids is 1. The van der Waals surface area contributed by atoms with Crippen molar-refractivity contribution in [3.8, 4) is 0 Å². The van der Waals surface area contributed by atoms with Gasteiger partial charge in [-0.25, -0.2) is 4.79 Å². The van der Waals surface area contributed by atoms with Crippen molar-refractivity contribution in [1.82, 2.24) is 15.1 Å². The summed E-state index contributed by atoms with van der Waals surface area (Å²) in [7, 11) is 0. The van der Waals surface area contributed by atoms with Gasteiger partial charge in [-0.15, -0.1) is 11.3 Å². The highest BCUT2D eigenvalue weighted by atomic mass is 35.5. The first-order valence-electron chi connectivity index (χ1n) is 6.76. The number of carboxylic acids is 1. The van der Waals surface area contributed by atoms with Gasteiger partial charge in [0.15, 0.2) is 0 Å². The molecule has 0 aliphatic carbocycles. The maximum atomic E-state index is 12.0. The Morgan fingerprint density at radius 1 is 1.29 bits per heavy atom. The number of nitrogens with one attached hydrogen (secondary N) is 1. The fourth-order valence-corrected chi connectivity index (χ4v) is 3.18. The van der Waals surface area contributed by atoms with Gasteiger partial charge in [0.05, 0.1) is 17.3 Å². The molecule has 0 saturated carbocycles. The molecule has 2 N–H and O–H groups in total. The molecule has 2 amide bonds. The molecule has 1 aromatic rings. The lowest BCUT2D eigenvalue weighted by atomic mass is 10.3. The normalized spacial score (nSPS) is 16.0. The number of carbonyl (C=O) groups excluding carboxylic acids is 1. The zero-order valence-electron chi connectivity index (χ0n) is 11.5. The summed E-state index contributed by atoms with van der Waals surface area (Å²) in [5.41, 5.74) is 0. The molecule has 8 heteroatoms. The van der Waals surface area contributed by atoms with E-state index < -0.39 is 5.97 Å². The minimum absolute atomic E-state index is 0.0857. The van der Waals surface area contributed by atoms with Gasteiger partial charge in [-0.1, -0.05) is 11.6 Å². The molecule has 21 heavy (non-hydrogen) atoms. The number of carboxylic acid groups (broad SMARTS) is 1. The highest BCUT2D eigenvalue weighted by Gasteiger charge is 2.21. The van der Waals surface area contributed by atoms with Crippen LogP contribution in [0.2, 0.25) is 4.34 Å². The van der Waals surface area contributed by atoms with E-state index in [0.29, 0.717) is 43.6 Å². The summed E-state index contributed by atoms with van der Waals surface area (Å²) in [6.07, 6.45) is 0.144. The summed E-state index contributed by atoms with van der Waals surface area (Å²) < 4.78 is 0.714. The second kappa shape index (κ2) is 7.63. The average molecular weight is 332 g/mol. The molecular weight excluding hydrogens is 314 g/mol. The molecule has 0 radical (unpaired) electrons. The summed E-state index contributed by atoms with van der Waals surface area (Å²) >= 11 is 7.29. The highest BCUT2D eigenvalue weighted by Crippen LogP contribution is 2.21. The van der Waals surface area contributed by atoms with Crippen molar-refractivity contribution < 1.29 is 14.7 Å². The van der Waals surface area contributed by atoms with Gasteiger partial charge in [-0.05, 0) is 12.1 Å². The number of urea groups is 1. The van der Waals surface area contributed by atoms with Crippen molar-refractivity contribution in [2.45, 2.75) is 13.0 Å². The van der Waals surface area contributed by atoms with Gasteiger partial charge in [0.1, 0.15) is 0 Å². The fourth-order valence-electron chi connectivity index (χ4n) is 2.15. The Labute approximate surface area is 132 Å². The van der Waals surface area contributed by atoms with Crippen LogP contribution in [0, 0.1) is 0 Å². The van der Waals surface area contributed by atoms with E-state index in [0.717, 1.165) is 4.88 Å². The Bertz CT molecular complexity index is 501. The van der Waals surface area contributed by atoms with Gasteiger partial charge >= 0.3 is 12.0 Å². The monoisotopic (exact) mass is 331 g/mol. The smallest absolute Gasteiger partial charge is 0.317 e. The summed E-state index contributed by atoms with van der Waals surface area (Å²) in [4.78, 5) is 27.4. The third-order valence-corrected chi connectivity index (χ3v) is 4.58. The van der Waals surface area contributed by atoms with E-state index >= 15 is 0 Å². The molecule has 1 aliphatic rings. The SMILES string of the molecule is O=C(O)CCN1CCN(C(=O)NCc2ccc(Cl)s2)CC1. The van der Waals surface area contributed by atoms with E-state index in [2.05, 4.69) is 10.2 Å². The van der Waals surface area contributed by atoms with Crippen LogP contribution in [0.5, 0.6) is 0 Å². The number of thiophene rings is 1. The van der Waals surface area contributed by atoms with Crippen LogP contribution < -0.4 is 5.32 Å². The van der Waals surface area contributed by atoms with Gasteiger partial charge in [0.25, 0.3) is 0 Å². The third-order valence-electron chi connectivity index (χ3n) is 3.34. The quantitative estimate of drug-likeness (QED) is 0.861. The predicted octanol–water partition coefficient (Wildman–Crippen LogP) is 1.70. The Balaban J connectivity index is 1.69. The molecule has 1 aromatic heterocycles. The van der Waals surface area contributed by atoms with E-state index in [4.69, 9.17) is 16.7 Å². The Kier molecular flexibility index (Phi) is 5.84. The lowest BCUT2D eigenvalue weighted by Gasteiger charge is -2.34. The van der Waals surface area contributed by atoms with E-state index in [1.54, 1.807) is 4.90 Å². The van der Waals surface area contributed by atoms with Gasteiger partial charge in [0.2, 0.25) is 0 Å². The lowest BCUT2D eigenvalue weighted by molar-refractivity contribution is -0.137. The van der Waals surface area contributed by atoms with Crippen LogP contribution in [0.15, 0.2) is 12.1 Å². The van der Waals surface area contributed by atoms with E-state index in [-0.39, 0.29) is 12.5 Å². The minimum Gasteiger partial charge on any atom is -0.481 e. The first-order chi connectivity index (χ1) is 10.0. The van der Waals surface area contributed by atoms with Crippen molar-refractivity contribution >= 4 is 34.9 Å². The molecule has 6 nitrogen and oxygen atoms in total. The van der Waals surface area contributed by atoms with Gasteiger partial charge in [0, 0.05) is 37.6 Å². The number of hydrogen-bond donors (Lipinski definition) is 2. The molecule has 1 aliphatic heterocycles. The second-order valence-electron chi connectivity index (χ2n) is 4.84. The highest BCUT2D eigenvalue weighted by molar-refractivity contribution is 7.16. The van der Waals surface area contributed by atoms with E-state index in [1.807, 2.05) is 12.1 Å². The molecule has 0 spiro atoms. The van der Waals surface area contributed by atoms with Crippen molar-refractivity contribution in [3.05, 3.63) is 21.3 Å². The Morgan fingerprint density at radius 3 is 2.57 bits per heavy atom. The Hall–Kier alpha value is -1.31. The number of rotatable bonds is 5. The molecule has 116 valence electrons. The molecule has 2 rings (SSSR count). The predicted molar refractivity (Wildman–Crippen MR) is 81.8 cm³/mol. The number of carbonyl (C=O) groups is 2. The van der Waals surface area contributed by atoms with Crippen LogP contribution >= 0.6 is 22.9 Å².